The number of unbranched alkanes of at least 4 members (excludes halogenated alkanes) is 7. The molecule has 48 heavy (non-hydrogen) atoms. The molecule has 0 aromatic rings. The Labute approximate surface area is 290 Å². The van der Waals surface area contributed by atoms with Gasteiger partial charge in [0.25, 0.3) is 0 Å². The number of ether oxygens (including phenoxy) is 2. The highest BCUT2D eigenvalue weighted by Gasteiger charge is 2.23. The minimum atomic E-state index is -4.80. The zero-order valence-electron chi connectivity index (χ0n) is 29.9. The molecule has 0 bridgehead atoms. The molecule has 2 unspecified atom stereocenters. The van der Waals surface area contributed by atoms with Crippen LogP contribution in [0.3, 0.4) is 0 Å². The van der Waals surface area contributed by atoms with E-state index in [0.29, 0.717) is 19.3 Å². The SMILES string of the molecule is CC/C=C\C/C=C\C/C=C\C/C=C\C=C\C(O)CCCC(=O)O[C@H](COC(=O)CCCCCCCCCCC(C)CC)COP(=O)(O)O. The number of hydrogen-bond donors (Lipinski definition) is 3. The number of aliphatic hydroxyl groups excluding tert-OH is 1. The molecule has 0 aromatic heterocycles. The fourth-order valence-corrected chi connectivity index (χ4v) is 4.97. The summed E-state index contributed by atoms with van der Waals surface area (Å²) in [5.41, 5.74) is 0. The normalized spacial score (nSPS) is 14.5. The molecule has 0 aliphatic carbocycles. The number of phosphoric ester groups is 1. The Morgan fingerprint density at radius 1 is 0.688 bits per heavy atom. The zero-order chi connectivity index (χ0) is 35.7. The average Bonchev–Trinajstić information content (AvgIpc) is 3.04. The number of hydrogen-bond acceptors (Lipinski definition) is 7. The lowest BCUT2D eigenvalue weighted by molar-refractivity contribution is -0.161. The largest absolute Gasteiger partial charge is 0.469 e. The van der Waals surface area contributed by atoms with Gasteiger partial charge < -0.3 is 24.4 Å². The highest BCUT2D eigenvalue weighted by atomic mass is 31.2. The standard InChI is InChI=1S/C38H65O9P/c1-4-6-7-8-9-10-11-12-13-14-18-21-24-28-35(39)29-26-31-38(41)47-36(33-46-48(42,43)44)32-45-37(40)30-25-22-19-16-15-17-20-23-27-34(3)5-2/h6-7,9-10,12-13,18,21,24,28,34-36,39H,4-5,8,11,14-17,19-20,22-23,25-27,29-33H2,1-3H3,(H2,42,43,44)/b7-6-,10-9-,13-12-,21-18-,28-24+/t34?,35?,36-/m1/s1. The predicted molar refractivity (Wildman–Crippen MR) is 194 cm³/mol. The summed E-state index contributed by atoms with van der Waals surface area (Å²) in [6.07, 6.45) is 34.1. The molecule has 0 rings (SSSR count). The Kier molecular flexibility index (Phi) is 30.4. The van der Waals surface area contributed by atoms with E-state index < -0.39 is 38.6 Å². The van der Waals surface area contributed by atoms with Gasteiger partial charge in [0, 0.05) is 12.8 Å². The summed E-state index contributed by atoms with van der Waals surface area (Å²) in [5.74, 6) is -0.285. The average molecular weight is 697 g/mol. The second-order valence-corrected chi connectivity index (χ2v) is 13.5. The third kappa shape index (κ3) is 33.6. The molecule has 0 saturated heterocycles. The van der Waals surface area contributed by atoms with Gasteiger partial charge in [-0.15, -0.1) is 0 Å². The van der Waals surface area contributed by atoms with E-state index in [1.165, 1.54) is 38.5 Å². The van der Waals surface area contributed by atoms with Crippen molar-refractivity contribution in [2.45, 2.75) is 149 Å². The number of esters is 2. The lowest BCUT2D eigenvalue weighted by Crippen LogP contribution is -2.29. The van der Waals surface area contributed by atoms with Gasteiger partial charge in [-0.1, -0.05) is 139 Å². The Morgan fingerprint density at radius 2 is 1.25 bits per heavy atom. The third-order valence-corrected chi connectivity index (χ3v) is 8.18. The van der Waals surface area contributed by atoms with Gasteiger partial charge in [-0.05, 0) is 50.9 Å². The van der Waals surface area contributed by atoms with Gasteiger partial charge in [0.2, 0.25) is 0 Å². The summed E-state index contributed by atoms with van der Waals surface area (Å²) >= 11 is 0. The Hall–Kier alpha value is -2.29. The summed E-state index contributed by atoms with van der Waals surface area (Å²) in [6, 6.07) is 0. The van der Waals surface area contributed by atoms with Crippen LogP contribution in [0.1, 0.15) is 136 Å². The first-order valence-electron chi connectivity index (χ1n) is 18.1. The molecule has 276 valence electrons. The van der Waals surface area contributed by atoms with Crippen molar-refractivity contribution >= 4 is 19.8 Å². The molecule has 0 saturated carbocycles. The van der Waals surface area contributed by atoms with Crippen molar-refractivity contribution in [1.82, 2.24) is 0 Å². The van der Waals surface area contributed by atoms with Crippen LogP contribution in [-0.2, 0) is 28.2 Å². The number of carbonyl (C=O) groups is 2. The maximum atomic E-state index is 12.4. The van der Waals surface area contributed by atoms with Gasteiger partial charge in [-0.25, -0.2) is 4.57 Å². The lowest BCUT2D eigenvalue weighted by Gasteiger charge is -2.18. The highest BCUT2D eigenvalue weighted by molar-refractivity contribution is 7.46. The summed E-state index contributed by atoms with van der Waals surface area (Å²) in [4.78, 5) is 42.6. The minimum Gasteiger partial charge on any atom is -0.462 e. The molecular weight excluding hydrogens is 631 g/mol. The Balaban J connectivity index is 4.25. The van der Waals surface area contributed by atoms with Crippen LogP contribution in [0.5, 0.6) is 0 Å². The van der Waals surface area contributed by atoms with E-state index in [-0.39, 0.29) is 19.4 Å². The molecule has 0 spiro atoms. The van der Waals surface area contributed by atoms with Crippen molar-refractivity contribution in [3.8, 4) is 0 Å². The van der Waals surface area contributed by atoms with Crippen LogP contribution in [0.15, 0.2) is 60.8 Å². The van der Waals surface area contributed by atoms with Crippen LogP contribution >= 0.6 is 7.82 Å². The van der Waals surface area contributed by atoms with Crippen LogP contribution in [0.4, 0.5) is 0 Å². The van der Waals surface area contributed by atoms with Gasteiger partial charge >= 0.3 is 19.8 Å². The van der Waals surface area contributed by atoms with Crippen molar-refractivity contribution < 1.29 is 43.0 Å². The van der Waals surface area contributed by atoms with Gasteiger partial charge in [-0.2, -0.15) is 0 Å². The van der Waals surface area contributed by atoms with Crippen molar-refractivity contribution in [3.63, 3.8) is 0 Å². The molecule has 3 N–H and O–H groups in total. The maximum absolute atomic E-state index is 12.4. The quantitative estimate of drug-likeness (QED) is 0.0213. The van der Waals surface area contributed by atoms with Crippen LogP contribution < -0.4 is 0 Å². The van der Waals surface area contributed by atoms with Crippen LogP contribution in [0.2, 0.25) is 0 Å². The third-order valence-electron chi connectivity index (χ3n) is 7.70. The molecule has 10 heteroatoms. The van der Waals surface area contributed by atoms with Gasteiger partial charge in [-0.3, -0.25) is 14.1 Å². The number of carbonyl (C=O) groups excluding carboxylic acids is 2. The molecule has 3 atom stereocenters. The monoisotopic (exact) mass is 696 g/mol. The van der Waals surface area contributed by atoms with E-state index in [9.17, 15) is 19.3 Å². The van der Waals surface area contributed by atoms with Gasteiger partial charge in [0.1, 0.15) is 6.61 Å². The van der Waals surface area contributed by atoms with Gasteiger partial charge in [0.15, 0.2) is 6.10 Å². The topological polar surface area (TPSA) is 140 Å². The molecule has 0 aliphatic rings. The molecule has 0 amide bonds. The lowest BCUT2D eigenvalue weighted by atomic mass is 9.99. The molecule has 9 nitrogen and oxygen atoms in total. The van der Waals surface area contributed by atoms with Crippen LogP contribution in [0, 0.1) is 5.92 Å². The van der Waals surface area contributed by atoms with Gasteiger partial charge in [0.05, 0.1) is 12.7 Å². The van der Waals surface area contributed by atoms with E-state index >= 15 is 0 Å². The van der Waals surface area contributed by atoms with Crippen molar-refractivity contribution in [2.24, 2.45) is 5.92 Å². The molecular formula is C38H65O9P. The summed E-state index contributed by atoms with van der Waals surface area (Å²) in [5, 5.41) is 10.2. The number of aliphatic hydroxyl groups is 1. The smallest absolute Gasteiger partial charge is 0.462 e. The molecule has 0 radical (unpaired) electrons. The van der Waals surface area contributed by atoms with E-state index in [1.807, 2.05) is 12.2 Å². The molecule has 0 aromatic carbocycles. The number of allylic oxidation sites excluding steroid dienone is 9. The molecule has 0 heterocycles. The maximum Gasteiger partial charge on any atom is 0.469 e. The van der Waals surface area contributed by atoms with Crippen LogP contribution in [-0.4, -0.2) is 52.3 Å². The summed E-state index contributed by atoms with van der Waals surface area (Å²) in [6.45, 7) is 5.69. The first kappa shape index (κ1) is 45.7. The number of rotatable bonds is 31. The summed E-state index contributed by atoms with van der Waals surface area (Å²) < 4.78 is 26.1. The fourth-order valence-electron chi connectivity index (χ4n) is 4.61. The first-order chi connectivity index (χ1) is 23.1. The Bertz CT molecular complexity index is 996. The molecule has 0 fully saturated rings. The summed E-state index contributed by atoms with van der Waals surface area (Å²) in [7, 11) is -4.80. The second kappa shape index (κ2) is 31.9. The van der Waals surface area contributed by atoms with E-state index in [1.54, 1.807) is 12.2 Å². The zero-order valence-corrected chi connectivity index (χ0v) is 30.8. The second-order valence-electron chi connectivity index (χ2n) is 12.3. The van der Waals surface area contributed by atoms with Crippen molar-refractivity contribution in [1.29, 1.82) is 0 Å². The Morgan fingerprint density at radius 3 is 1.85 bits per heavy atom. The van der Waals surface area contributed by atoms with Crippen LogP contribution in [0.25, 0.3) is 0 Å². The fraction of sp³-hybridized carbons (Fsp3) is 0.684. The number of phosphoric acid groups is 1. The highest BCUT2D eigenvalue weighted by Crippen LogP contribution is 2.36. The van der Waals surface area contributed by atoms with E-state index in [2.05, 4.69) is 61.8 Å². The van der Waals surface area contributed by atoms with Crippen molar-refractivity contribution in [3.05, 3.63) is 60.8 Å². The minimum absolute atomic E-state index is 0.0207. The predicted octanol–water partition coefficient (Wildman–Crippen LogP) is 9.39. The van der Waals surface area contributed by atoms with Crippen molar-refractivity contribution in [2.75, 3.05) is 13.2 Å². The van der Waals surface area contributed by atoms with E-state index in [0.717, 1.165) is 50.9 Å². The first-order valence-corrected chi connectivity index (χ1v) is 19.6. The molecule has 0 aliphatic heterocycles. The van der Waals surface area contributed by atoms with E-state index in [4.69, 9.17) is 19.3 Å².